The van der Waals surface area contributed by atoms with Crippen molar-refractivity contribution in [3.05, 3.63) is 0 Å². The molecule has 0 rings (SSSR count). The van der Waals surface area contributed by atoms with Gasteiger partial charge >= 0.3 is 6.18 Å². The van der Waals surface area contributed by atoms with E-state index in [1.807, 2.05) is 55.4 Å². The van der Waals surface area contributed by atoms with Gasteiger partial charge in [-0.3, -0.25) is 0 Å². The van der Waals surface area contributed by atoms with E-state index in [0.29, 0.717) is 5.41 Å². The van der Waals surface area contributed by atoms with Crippen molar-refractivity contribution < 1.29 is 48.5 Å². The third kappa shape index (κ3) is 90.6. The Hall–Kier alpha value is -0.490. The molecule has 65 heavy (non-hydrogen) atoms. The van der Waals surface area contributed by atoms with Gasteiger partial charge in [0, 0.05) is 7.11 Å². The van der Waals surface area contributed by atoms with Gasteiger partial charge in [-0.25, -0.2) is 0 Å². The van der Waals surface area contributed by atoms with Crippen LogP contribution in [0.25, 0.3) is 0 Å². The Bertz CT molecular complexity index is 1010. The Balaban J connectivity index is -0.000000121. The van der Waals surface area contributed by atoms with Gasteiger partial charge in [-0.1, -0.05) is 145 Å². The van der Waals surface area contributed by atoms with E-state index in [-0.39, 0.29) is 51.3 Å². The van der Waals surface area contributed by atoms with E-state index < -0.39 is 34.0 Å². The maximum Gasteiger partial charge on any atom is 0.416 e. The Morgan fingerprint density at radius 3 is 0.554 bits per heavy atom. The zero-order valence-electron chi connectivity index (χ0n) is 49.8. The predicted molar refractivity (Wildman–Crippen MR) is 279 cm³/mol. The fraction of sp³-hybridized carbons (Fsp3) is 1.00. The van der Waals surface area contributed by atoms with Crippen LogP contribution < -0.4 is 0 Å². The van der Waals surface area contributed by atoms with Crippen LogP contribution >= 0.6 is 0 Å². The molecule has 0 aromatic rings. The van der Waals surface area contributed by atoms with E-state index >= 15 is 0 Å². The van der Waals surface area contributed by atoms with Gasteiger partial charge in [0.2, 0.25) is 0 Å². The summed E-state index contributed by atoms with van der Waals surface area (Å²) in [6.45, 7) is 63.4. The quantitative estimate of drug-likeness (QED) is 0.143. The molecule has 0 radical (unpaired) electrons. The van der Waals surface area contributed by atoms with Crippen molar-refractivity contribution in [3.63, 3.8) is 0 Å². The number of alkyl halides is 3. The Morgan fingerprint density at radius 1 is 0.338 bits per heavy atom. The lowest BCUT2D eigenvalue weighted by atomic mass is 9.82. The van der Waals surface area contributed by atoms with Crippen LogP contribution in [0.4, 0.5) is 13.2 Å². The van der Waals surface area contributed by atoms with E-state index in [2.05, 4.69) is 138 Å². The van der Waals surface area contributed by atoms with Crippen LogP contribution in [0.1, 0.15) is 267 Å². The Morgan fingerprint density at radius 2 is 0.523 bits per heavy atom. The zero-order chi connectivity index (χ0) is 55.3. The molecule has 7 nitrogen and oxygen atoms in total. The highest BCUT2D eigenvalue weighted by Crippen LogP contribution is 2.39. The summed E-state index contributed by atoms with van der Waals surface area (Å²) in [6.07, 6.45) is 0.255. The summed E-state index contributed by atoms with van der Waals surface area (Å²) in [5, 5.41) is 54.9. The molecule has 0 aromatic carbocycles. The van der Waals surface area contributed by atoms with Crippen LogP contribution in [-0.4, -0.2) is 84.1 Å². The normalized spacial score (nSPS) is 15.4. The molecule has 0 aliphatic rings. The number of halogens is 3. The van der Waals surface area contributed by atoms with Gasteiger partial charge in [0.1, 0.15) is 0 Å². The van der Waals surface area contributed by atoms with Crippen molar-refractivity contribution in [1.29, 1.82) is 0 Å². The molecule has 10 heteroatoms. The minimum Gasteiger partial charge on any atom is -0.393 e. The molecule has 0 heterocycles. The van der Waals surface area contributed by atoms with Gasteiger partial charge < -0.3 is 35.4 Å². The highest BCUT2D eigenvalue weighted by Gasteiger charge is 2.51. The van der Waals surface area contributed by atoms with E-state index in [4.69, 9.17) is 20.1 Å². The average molecular weight is 952 g/mol. The van der Waals surface area contributed by atoms with Gasteiger partial charge in [0.15, 0.2) is 5.60 Å². The third-order valence-electron chi connectivity index (χ3n) is 7.70. The zero-order valence-corrected chi connectivity index (χ0v) is 49.8. The van der Waals surface area contributed by atoms with Gasteiger partial charge in [-0.2, -0.15) is 13.2 Å². The van der Waals surface area contributed by atoms with Gasteiger partial charge in [0.25, 0.3) is 0 Å². The van der Waals surface area contributed by atoms with Crippen LogP contribution in [0.5, 0.6) is 0 Å². The molecule has 0 saturated carbocycles. The van der Waals surface area contributed by atoms with Crippen LogP contribution in [0.3, 0.4) is 0 Å². The number of rotatable bonds is 8. The fourth-order valence-electron chi connectivity index (χ4n) is 8.15. The highest BCUT2D eigenvalue weighted by molar-refractivity contribution is 4.86. The van der Waals surface area contributed by atoms with E-state index in [1.54, 1.807) is 27.9 Å². The number of ether oxygens (including phenoxy) is 1. The number of methoxy groups -OCH3 is 1. The summed E-state index contributed by atoms with van der Waals surface area (Å²) in [6, 6.07) is 0. The summed E-state index contributed by atoms with van der Waals surface area (Å²) in [5.41, 5.74) is -3.02. The Kier molecular flexibility index (Phi) is 35.9. The first kappa shape index (κ1) is 78.7. The molecule has 3 atom stereocenters. The molecule has 1 unspecified atom stereocenters. The monoisotopic (exact) mass is 951 g/mol. The van der Waals surface area contributed by atoms with Crippen molar-refractivity contribution in [1.82, 2.24) is 0 Å². The molecule has 0 aromatic heterocycles. The highest BCUT2D eigenvalue weighted by atomic mass is 19.4. The summed E-state index contributed by atoms with van der Waals surface area (Å²) in [7, 11) is 1.77. The fourth-order valence-corrected chi connectivity index (χ4v) is 8.15. The largest absolute Gasteiger partial charge is 0.416 e. The minimum absolute atomic E-state index is 0.0260. The molecule has 6 N–H and O–H groups in total. The number of hydrogen-bond donors (Lipinski definition) is 6. The number of hydrogen-bond acceptors (Lipinski definition) is 7. The van der Waals surface area contributed by atoms with Crippen LogP contribution in [-0.2, 0) is 4.74 Å². The van der Waals surface area contributed by atoms with Crippen molar-refractivity contribution >= 4 is 0 Å². The lowest BCUT2D eigenvalue weighted by Crippen LogP contribution is -2.44. The summed E-state index contributed by atoms with van der Waals surface area (Å²) >= 11 is 0. The van der Waals surface area contributed by atoms with Crippen molar-refractivity contribution in [2.45, 2.75) is 313 Å². The van der Waals surface area contributed by atoms with Crippen molar-refractivity contribution in [2.75, 3.05) is 7.11 Å². The van der Waals surface area contributed by atoms with E-state index in [9.17, 15) is 28.5 Å². The molecule has 0 aliphatic heterocycles. The van der Waals surface area contributed by atoms with Crippen LogP contribution in [0.2, 0.25) is 0 Å². The topological polar surface area (TPSA) is 131 Å². The lowest BCUT2D eigenvalue weighted by Gasteiger charge is -2.32. The summed E-state index contributed by atoms with van der Waals surface area (Å²) < 4.78 is 41.7. The molecular weight excluding hydrogens is 830 g/mol. The van der Waals surface area contributed by atoms with Crippen molar-refractivity contribution in [3.8, 4) is 0 Å². The van der Waals surface area contributed by atoms with Crippen molar-refractivity contribution in [2.24, 2.45) is 37.9 Å². The smallest absolute Gasteiger partial charge is 0.393 e. The first-order chi connectivity index (χ1) is 27.2. The molecular formula is C55H121F3O7. The SMILES string of the molecule is CC(C)(C)CC(C)(C)O.CC(C)(C)CC(C)(C)O.CC(C)(C)CC(C)(C)O.CC(C)(C)CC(C)(O)C(F)(F)F.COC(C)(C)CC(C)(C)C.C[C@@H](O)CC(C)(C)C.C[C@H](O)CC(C)(C)C. The lowest BCUT2D eigenvalue weighted by molar-refractivity contribution is -0.261. The first-order valence-corrected chi connectivity index (χ1v) is 24.1. The third-order valence-corrected chi connectivity index (χ3v) is 7.70. The predicted octanol–water partition coefficient (Wildman–Crippen LogP) is 15.8. The second-order valence-corrected chi connectivity index (χ2v) is 30.1. The minimum atomic E-state index is -4.54. The second-order valence-electron chi connectivity index (χ2n) is 30.1. The molecule has 0 fully saturated rings. The first-order valence-electron chi connectivity index (χ1n) is 24.1. The maximum absolute atomic E-state index is 12.1. The molecule has 404 valence electrons. The molecule has 0 amide bonds. The van der Waals surface area contributed by atoms with E-state index in [0.717, 1.165) is 45.4 Å². The standard InChI is InChI=1S/C9H20O.C8H15F3O.3C8H18O.2C7H16O/c1-8(2,3)7-9(4,5)10-6;1-6(2,3)5-7(4,12)8(9,10)11;3*1-7(2,3)6-8(4,5)9;2*1-6(8)5-7(2,3)4/h7H2,1-6H3;12H,5H2,1-4H3;3*9H,6H2,1-5H3;2*6,8H,5H2,1-4H3/t;;;;;2*6-/m.....10/s1. The Labute approximate surface area is 405 Å². The maximum atomic E-state index is 12.1. The number of aliphatic hydroxyl groups is 6. The molecule has 0 aliphatic carbocycles. The van der Waals surface area contributed by atoms with Crippen LogP contribution in [0.15, 0.2) is 0 Å². The van der Waals surface area contributed by atoms with E-state index in [1.165, 1.54) is 0 Å². The summed E-state index contributed by atoms with van der Waals surface area (Å²) in [5.74, 6) is 0. The molecule has 0 bridgehead atoms. The van der Waals surface area contributed by atoms with Crippen LogP contribution in [0, 0.1) is 37.9 Å². The molecule has 0 saturated heterocycles. The summed E-state index contributed by atoms with van der Waals surface area (Å²) in [4.78, 5) is 0. The van der Waals surface area contributed by atoms with Gasteiger partial charge in [-0.15, -0.1) is 0 Å². The van der Waals surface area contributed by atoms with Gasteiger partial charge in [-0.05, 0) is 159 Å². The van der Waals surface area contributed by atoms with Gasteiger partial charge in [0.05, 0.1) is 34.6 Å². The number of aliphatic hydroxyl groups excluding tert-OH is 2. The molecule has 0 spiro atoms. The average Bonchev–Trinajstić information content (AvgIpc) is 2.77. The second kappa shape index (κ2) is 29.6.